The molecule has 0 aliphatic carbocycles. The van der Waals surface area contributed by atoms with E-state index < -0.39 is 11.5 Å². The second-order valence-corrected chi connectivity index (χ2v) is 6.04. The van der Waals surface area contributed by atoms with Gasteiger partial charge in [0, 0.05) is 25.8 Å². The van der Waals surface area contributed by atoms with E-state index in [9.17, 15) is 18.8 Å². The highest BCUT2D eigenvalue weighted by Gasteiger charge is 2.28. The van der Waals surface area contributed by atoms with Gasteiger partial charge in [-0.2, -0.15) is 0 Å². The third-order valence-electron chi connectivity index (χ3n) is 4.25. The summed E-state index contributed by atoms with van der Waals surface area (Å²) in [5.41, 5.74) is 0.245. The van der Waals surface area contributed by atoms with Crippen molar-refractivity contribution < 1.29 is 14.0 Å². The number of pyridine rings is 1. The molecule has 1 aliphatic rings. The summed E-state index contributed by atoms with van der Waals surface area (Å²) < 4.78 is 13.5. The SMILES string of the molecule is O=C(NC[C@@H](Cc1cccc(F)c1)N1CCNC1=O)c1ccc[nH]c1=O. The first-order valence-corrected chi connectivity index (χ1v) is 8.29. The molecule has 7 nitrogen and oxygen atoms in total. The van der Waals surface area contributed by atoms with E-state index >= 15 is 0 Å². The number of aromatic nitrogens is 1. The molecule has 8 heteroatoms. The molecule has 1 fully saturated rings. The number of urea groups is 1. The Labute approximate surface area is 149 Å². The number of H-pyrrole nitrogens is 1. The predicted molar refractivity (Wildman–Crippen MR) is 93.4 cm³/mol. The molecule has 1 aromatic heterocycles. The van der Waals surface area contributed by atoms with E-state index in [1.165, 1.54) is 24.4 Å². The molecule has 1 aromatic carbocycles. The summed E-state index contributed by atoms with van der Waals surface area (Å²) in [7, 11) is 0. The highest BCUT2D eigenvalue weighted by molar-refractivity contribution is 5.93. The first-order chi connectivity index (χ1) is 12.5. The summed E-state index contributed by atoms with van der Waals surface area (Å²) >= 11 is 0. The first-order valence-electron chi connectivity index (χ1n) is 8.29. The average Bonchev–Trinajstić information content (AvgIpc) is 3.04. The molecule has 1 atom stereocenters. The lowest BCUT2D eigenvalue weighted by Gasteiger charge is -2.27. The molecule has 3 amide bonds. The van der Waals surface area contributed by atoms with Crippen LogP contribution in [-0.2, 0) is 6.42 Å². The Bertz CT molecular complexity index is 867. The fourth-order valence-corrected chi connectivity index (χ4v) is 2.97. The third-order valence-corrected chi connectivity index (χ3v) is 4.25. The standard InChI is InChI=1S/C18H19FN4O3/c19-13-4-1-3-12(9-13)10-14(23-8-7-21-18(23)26)11-22-17(25)15-5-2-6-20-16(15)24/h1-6,9,14H,7-8,10-11H2,(H,20,24)(H,21,26)(H,22,25)/t14-/m1/s1. The average molecular weight is 358 g/mol. The van der Waals surface area contributed by atoms with Crippen molar-refractivity contribution in [2.75, 3.05) is 19.6 Å². The van der Waals surface area contributed by atoms with Crippen molar-refractivity contribution in [1.82, 2.24) is 20.5 Å². The van der Waals surface area contributed by atoms with Crippen LogP contribution in [0.3, 0.4) is 0 Å². The van der Waals surface area contributed by atoms with Crippen molar-refractivity contribution in [2.24, 2.45) is 0 Å². The molecule has 0 spiro atoms. The van der Waals surface area contributed by atoms with E-state index in [4.69, 9.17) is 0 Å². The van der Waals surface area contributed by atoms with E-state index in [1.807, 2.05) is 0 Å². The normalized spacial score (nSPS) is 14.8. The lowest BCUT2D eigenvalue weighted by molar-refractivity contribution is 0.0938. The zero-order chi connectivity index (χ0) is 18.5. The first kappa shape index (κ1) is 17.7. The summed E-state index contributed by atoms with van der Waals surface area (Å²) in [6.45, 7) is 1.17. The Kier molecular flexibility index (Phi) is 5.31. The Hall–Kier alpha value is -3.16. The highest BCUT2D eigenvalue weighted by Crippen LogP contribution is 2.13. The molecule has 0 radical (unpaired) electrons. The molecule has 3 rings (SSSR count). The molecule has 0 bridgehead atoms. The number of halogens is 1. The topological polar surface area (TPSA) is 94.3 Å². The van der Waals surface area contributed by atoms with Crippen molar-refractivity contribution in [3.8, 4) is 0 Å². The van der Waals surface area contributed by atoms with Gasteiger partial charge in [0.2, 0.25) is 0 Å². The Balaban J connectivity index is 1.73. The minimum Gasteiger partial charge on any atom is -0.350 e. The van der Waals surface area contributed by atoms with Gasteiger partial charge in [-0.3, -0.25) is 9.59 Å². The number of amides is 3. The lowest BCUT2D eigenvalue weighted by atomic mass is 10.0. The fourth-order valence-electron chi connectivity index (χ4n) is 2.97. The largest absolute Gasteiger partial charge is 0.350 e. The van der Waals surface area contributed by atoms with E-state index in [-0.39, 0.29) is 30.0 Å². The van der Waals surface area contributed by atoms with Gasteiger partial charge >= 0.3 is 6.03 Å². The maximum absolute atomic E-state index is 13.5. The predicted octanol–water partition coefficient (Wildman–Crippen LogP) is 0.880. The van der Waals surface area contributed by atoms with Crippen LogP contribution in [0.25, 0.3) is 0 Å². The monoisotopic (exact) mass is 358 g/mol. The van der Waals surface area contributed by atoms with Crippen molar-refractivity contribution in [1.29, 1.82) is 0 Å². The number of benzene rings is 1. The van der Waals surface area contributed by atoms with E-state index in [2.05, 4.69) is 15.6 Å². The van der Waals surface area contributed by atoms with Crippen LogP contribution in [0, 0.1) is 5.82 Å². The Morgan fingerprint density at radius 3 is 2.81 bits per heavy atom. The van der Waals surface area contributed by atoms with E-state index in [0.29, 0.717) is 19.5 Å². The molecule has 1 saturated heterocycles. The Morgan fingerprint density at radius 1 is 1.27 bits per heavy atom. The quantitative estimate of drug-likeness (QED) is 0.715. The third kappa shape index (κ3) is 4.08. The van der Waals surface area contributed by atoms with Crippen LogP contribution in [-0.4, -0.2) is 47.5 Å². The minimum absolute atomic E-state index is 0.00267. The van der Waals surface area contributed by atoms with Crippen molar-refractivity contribution in [2.45, 2.75) is 12.5 Å². The van der Waals surface area contributed by atoms with E-state index in [1.54, 1.807) is 23.1 Å². The van der Waals surface area contributed by atoms with Gasteiger partial charge in [0.1, 0.15) is 11.4 Å². The number of carbonyl (C=O) groups excluding carboxylic acids is 2. The molecule has 0 saturated carbocycles. The van der Waals surface area contributed by atoms with Gasteiger partial charge in [-0.1, -0.05) is 12.1 Å². The maximum atomic E-state index is 13.5. The van der Waals surface area contributed by atoms with Gasteiger partial charge in [-0.05, 0) is 36.2 Å². The van der Waals surface area contributed by atoms with Crippen molar-refractivity contribution in [3.63, 3.8) is 0 Å². The summed E-state index contributed by atoms with van der Waals surface area (Å²) in [6, 6.07) is 8.55. The number of nitrogens with one attached hydrogen (secondary N) is 3. The van der Waals surface area contributed by atoms with Gasteiger partial charge in [0.25, 0.3) is 11.5 Å². The molecule has 136 valence electrons. The van der Waals surface area contributed by atoms with Crippen LogP contribution in [0.15, 0.2) is 47.4 Å². The van der Waals surface area contributed by atoms with Gasteiger partial charge < -0.3 is 20.5 Å². The van der Waals surface area contributed by atoms with Gasteiger partial charge in [-0.25, -0.2) is 9.18 Å². The lowest BCUT2D eigenvalue weighted by Crippen LogP contribution is -2.47. The van der Waals surface area contributed by atoms with Crippen molar-refractivity contribution in [3.05, 3.63) is 69.9 Å². The van der Waals surface area contributed by atoms with Crippen LogP contribution in [0.4, 0.5) is 9.18 Å². The Morgan fingerprint density at radius 2 is 2.12 bits per heavy atom. The zero-order valence-corrected chi connectivity index (χ0v) is 14.0. The molecule has 2 heterocycles. The molecule has 2 aromatic rings. The fraction of sp³-hybridized carbons (Fsp3) is 0.278. The van der Waals surface area contributed by atoms with Crippen LogP contribution < -0.4 is 16.2 Å². The second kappa shape index (κ2) is 7.81. The van der Waals surface area contributed by atoms with Crippen LogP contribution in [0.1, 0.15) is 15.9 Å². The zero-order valence-electron chi connectivity index (χ0n) is 14.0. The van der Waals surface area contributed by atoms with Gasteiger partial charge in [0.05, 0.1) is 6.04 Å². The number of hydrogen-bond acceptors (Lipinski definition) is 3. The molecule has 3 N–H and O–H groups in total. The molecule has 26 heavy (non-hydrogen) atoms. The maximum Gasteiger partial charge on any atom is 0.317 e. The summed E-state index contributed by atoms with van der Waals surface area (Å²) in [4.78, 5) is 40.0. The smallest absolute Gasteiger partial charge is 0.317 e. The number of carbonyl (C=O) groups is 2. The summed E-state index contributed by atoms with van der Waals surface area (Å²) in [6.07, 6.45) is 1.83. The van der Waals surface area contributed by atoms with Crippen LogP contribution >= 0.6 is 0 Å². The number of hydrogen-bond donors (Lipinski definition) is 3. The molecule has 1 aliphatic heterocycles. The van der Waals surface area contributed by atoms with Crippen LogP contribution in [0.5, 0.6) is 0 Å². The molecular weight excluding hydrogens is 339 g/mol. The van der Waals surface area contributed by atoms with E-state index in [0.717, 1.165) is 5.56 Å². The summed E-state index contributed by atoms with van der Waals surface area (Å²) in [5, 5.41) is 5.42. The minimum atomic E-state index is -0.518. The number of nitrogens with zero attached hydrogens (tertiary/aromatic N) is 1. The second-order valence-electron chi connectivity index (χ2n) is 6.04. The summed E-state index contributed by atoms with van der Waals surface area (Å²) in [5.74, 6) is -0.873. The highest BCUT2D eigenvalue weighted by atomic mass is 19.1. The van der Waals surface area contributed by atoms with Gasteiger partial charge in [-0.15, -0.1) is 0 Å². The van der Waals surface area contributed by atoms with Crippen LogP contribution in [0.2, 0.25) is 0 Å². The number of rotatable bonds is 6. The van der Waals surface area contributed by atoms with Gasteiger partial charge in [0.15, 0.2) is 0 Å². The molecular formula is C18H19FN4O3. The molecule has 0 unspecified atom stereocenters. The number of aromatic amines is 1. The van der Waals surface area contributed by atoms with Crippen molar-refractivity contribution >= 4 is 11.9 Å².